The van der Waals surface area contributed by atoms with Gasteiger partial charge in [-0.3, -0.25) is 4.79 Å². The summed E-state index contributed by atoms with van der Waals surface area (Å²) in [7, 11) is 2.11. The topological polar surface area (TPSA) is 23.6 Å². The molecule has 0 bridgehead atoms. The van der Waals surface area contributed by atoms with Crippen LogP contribution in [0.4, 0.5) is 0 Å². The number of piperazine rings is 1. The standard InChI is InChI=1S/C10H18N2O/c1-10(3-4-10)9(13)12-7-5-11(2)6-8-12/h3-8H2,1-2H3. The fraction of sp³-hybridized carbons (Fsp3) is 0.900. The maximum atomic E-state index is 11.9. The number of likely N-dealkylation sites (N-methyl/N-ethyl adjacent to an activating group) is 1. The second-order valence-corrected chi connectivity index (χ2v) is 4.66. The highest BCUT2D eigenvalue weighted by molar-refractivity contribution is 5.85. The lowest BCUT2D eigenvalue weighted by Gasteiger charge is -2.34. The maximum Gasteiger partial charge on any atom is 0.228 e. The third-order valence-corrected chi connectivity index (χ3v) is 3.31. The third kappa shape index (κ3) is 1.70. The van der Waals surface area contributed by atoms with Crippen molar-refractivity contribution in [3.05, 3.63) is 0 Å². The second-order valence-electron chi connectivity index (χ2n) is 4.66. The van der Waals surface area contributed by atoms with Gasteiger partial charge in [-0.15, -0.1) is 0 Å². The lowest BCUT2D eigenvalue weighted by molar-refractivity contribution is -0.137. The number of carbonyl (C=O) groups is 1. The molecule has 0 aromatic rings. The van der Waals surface area contributed by atoms with Crippen LogP contribution in [0.5, 0.6) is 0 Å². The Labute approximate surface area is 79.7 Å². The van der Waals surface area contributed by atoms with Crippen molar-refractivity contribution in [3.8, 4) is 0 Å². The summed E-state index contributed by atoms with van der Waals surface area (Å²) in [6.45, 7) is 5.99. The van der Waals surface area contributed by atoms with Crippen LogP contribution in [0.25, 0.3) is 0 Å². The first-order valence-electron chi connectivity index (χ1n) is 5.10. The van der Waals surface area contributed by atoms with Crippen LogP contribution in [0.15, 0.2) is 0 Å². The van der Waals surface area contributed by atoms with Crippen LogP contribution >= 0.6 is 0 Å². The zero-order valence-corrected chi connectivity index (χ0v) is 8.55. The number of hydrogen-bond acceptors (Lipinski definition) is 2. The molecule has 1 saturated heterocycles. The Morgan fingerprint density at radius 1 is 1.15 bits per heavy atom. The summed E-state index contributed by atoms with van der Waals surface area (Å²) in [5.41, 5.74) is 0.0237. The zero-order valence-electron chi connectivity index (χ0n) is 8.55. The Kier molecular flexibility index (Phi) is 2.06. The van der Waals surface area contributed by atoms with Crippen molar-refractivity contribution in [1.29, 1.82) is 0 Å². The average Bonchev–Trinajstić information content (AvgIpc) is 2.85. The van der Waals surface area contributed by atoms with Crippen LogP contribution < -0.4 is 0 Å². The Bertz CT molecular complexity index is 215. The summed E-state index contributed by atoms with van der Waals surface area (Å²) in [6, 6.07) is 0. The molecule has 0 aromatic heterocycles. The molecule has 0 spiro atoms. The molecule has 2 aliphatic rings. The molecule has 2 fully saturated rings. The monoisotopic (exact) mass is 182 g/mol. The molecular formula is C10H18N2O. The maximum absolute atomic E-state index is 11.9. The van der Waals surface area contributed by atoms with Crippen LogP contribution in [0, 0.1) is 5.41 Å². The minimum absolute atomic E-state index is 0.0237. The van der Waals surface area contributed by atoms with Gasteiger partial charge in [0, 0.05) is 31.6 Å². The van der Waals surface area contributed by atoms with Crippen molar-refractivity contribution in [3.63, 3.8) is 0 Å². The summed E-state index contributed by atoms with van der Waals surface area (Å²) in [5.74, 6) is 0.389. The molecule has 0 atom stereocenters. The zero-order chi connectivity index (χ0) is 9.47. The van der Waals surface area contributed by atoms with Crippen LogP contribution in [0.1, 0.15) is 19.8 Å². The summed E-state index contributed by atoms with van der Waals surface area (Å²) in [5, 5.41) is 0. The molecule has 74 valence electrons. The fourth-order valence-electron chi connectivity index (χ4n) is 1.79. The molecule has 2 rings (SSSR count). The van der Waals surface area contributed by atoms with Gasteiger partial charge in [0.2, 0.25) is 5.91 Å². The summed E-state index contributed by atoms with van der Waals surface area (Å²) in [4.78, 5) is 16.2. The number of rotatable bonds is 1. The first-order valence-corrected chi connectivity index (χ1v) is 5.10. The molecule has 0 aromatic carbocycles. The van der Waals surface area contributed by atoms with E-state index in [0.717, 1.165) is 39.0 Å². The first-order chi connectivity index (χ1) is 6.12. The van der Waals surface area contributed by atoms with Crippen molar-refractivity contribution in [2.24, 2.45) is 5.41 Å². The Hall–Kier alpha value is -0.570. The van der Waals surface area contributed by atoms with Gasteiger partial charge in [0.1, 0.15) is 0 Å². The highest BCUT2D eigenvalue weighted by atomic mass is 16.2. The highest BCUT2D eigenvalue weighted by Gasteiger charge is 2.47. The van der Waals surface area contributed by atoms with Crippen LogP contribution in [-0.2, 0) is 4.79 Å². The SMILES string of the molecule is CN1CCN(C(=O)C2(C)CC2)CC1. The number of nitrogens with zero attached hydrogens (tertiary/aromatic N) is 2. The van der Waals surface area contributed by atoms with Crippen molar-refractivity contribution in [2.75, 3.05) is 33.2 Å². The van der Waals surface area contributed by atoms with Gasteiger partial charge >= 0.3 is 0 Å². The van der Waals surface area contributed by atoms with Gasteiger partial charge < -0.3 is 9.80 Å². The lowest BCUT2D eigenvalue weighted by atomic mass is 10.1. The normalized spacial score (nSPS) is 27.4. The smallest absolute Gasteiger partial charge is 0.228 e. The molecule has 0 unspecified atom stereocenters. The molecule has 1 amide bonds. The van der Waals surface area contributed by atoms with Crippen molar-refractivity contribution >= 4 is 5.91 Å². The van der Waals surface area contributed by atoms with E-state index < -0.39 is 0 Å². The lowest BCUT2D eigenvalue weighted by Crippen LogP contribution is -2.49. The minimum Gasteiger partial charge on any atom is -0.340 e. The minimum atomic E-state index is 0.0237. The predicted molar refractivity (Wildman–Crippen MR) is 51.4 cm³/mol. The molecule has 1 aliphatic heterocycles. The predicted octanol–water partition coefficient (Wildman–Crippen LogP) is 0.560. The largest absolute Gasteiger partial charge is 0.340 e. The van der Waals surface area contributed by atoms with Crippen molar-refractivity contribution in [1.82, 2.24) is 9.80 Å². The Morgan fingerprint density at radius 2 is 1.69 bits per heavy atom. The number of carbonyl (C=O) groups excluding carboxylic acids is 1. The molecule has 13 heavy (non-hydrogen) atoms. The molecule has 1 heterocycles. The van der Waals surface area contributed by atoms with Crippen LogP contribution in [-0.4, -0.2) is 48.9 Å². The first kappa shape index (κ1) is 9.00. The second kappa shape index (κ2) is 2.98. The Balaban J connectivity index is 1.91. The molecule has 0 N–H and O–H groups in total. The Morgan fingerprint density at radius 3 is 2.15 bits per heavy atom. The van der Waals surface area contributed by atoms with E-state index >= 15 is 0 Å². The van der Waals surface area contributed by atoms with E-state index in [1.54, 1.807) is 0 Å². The summed E-state index contributed by atoms with van der Waals surface area (Å²) >= 11 is 0. The summed E-state index contributed by atoms with van der Waals surface area (Å²) in [6.07, 6.45) is 2.19. The van der Waals surface area contributed by atoms with Gasteiger partial charge in [-0.05, 0) is 19.9 Å². The molecule has 3 heteroatoms. The fourth-order valence-corrected chi connectivity index (χ4v) is 1.79. The van der Waals surface area contributed by atoms with E-state index in [1.165, 1.54) is 0 Å². The van der Waals surface area contributed by atoms with E-state index in [0.29, 0.717) is 5.91 Å². The highest BCUT2D eigenvalue weighted by Crippen LogP contribution is 2.46. The van der Waals surface area contributed by atoms with Gasteiger partial charge in [-0.2, -0.15) is 0 Å². The van der Waals surface area contributed by atoms with Gasteiger partial charge in [0.15, 0.2) is 0 Å². The molecule has 1 saturated carbocycles. The molecule has 1 aliphatic carbocycles. The number of amides is 1. The van der Waals surface area contributed by atoms with Gasteiger partial charge in [0.25, 0.3) is 0 Å². The van der Waals surface area contributed by atoms with Crippen molar-refractivity contribution < 1.29 is 4.79 Å². The van der Waals surface area contributed by atoms with Gasteiger partial charge in [0.05, 0.1) is 0 Å². The van der Waals surface area contributed by atoms with E-state index in [1.807, 2.05) is 4.90 Å². The van der Waals surface area contributed by atoms with E-state index in [2.05, 4.69) is 18.9 Å². The van der Waals surface area contributed by atoms with Crippen LogP contribution in [0.3, 0.4) is 0 Å². The van der Waals surface area contributed by atoms with Crippen molar-refractivity contribution in [2.45, 2.75) is 19.8 Å². The van der Waals surface area contributed by atoms with E-state index in [-0.39, 0.29) is 5.41 Å². The summed E-state index contributed by atoms with van der Waals surface area (Å²) < 4.78 is 0. The molecule has 0 radical (unpaired) electrons. The quantitative estimate of drug-likeness (QED) is 0.591. The average molecular weight is 182 g/mol. The van der Waals surface area contributed by atoms with Crippen LogP contribution in [0.2, 0.25) is 0 Å². The number of hydrogen-bond donors (Lipinski definition) is 0. The van der Waals surface area contributed by atoms with E-state index in [9.17, 15) is 4.79 Å². The van der Waals surface area contributed by atoms with Gasteiger partial charge in [-0.1, -0.05) is 6.92 Å². The van der Waals surface area contributed by atoms with Gasteiger partial charge in [-0.25, -0.2) is 0 Å². The molecular weight excluding hydrogens is 164 g/mol. The third-order valence-electron chi connectivity index (χ3n) is 3.31. The molecule has 3 nitrogen and oxygen atoms in total. The van der Waals surface area contributed by atoms with E-state index in [4.69, 9.17) is 0 Å².